The van der Waals surface area contributed by atoms with Gasteiger partial charge in [-0.2, -0.15) is 0 Å². The van der Waals surface area contributed by atoms with E-state index in [1.807, 2.05) is 24.3 Å². The minimum absolute atomic E-state index is 0.0792. The van der Waals surface area contributed by atoms with E-state index < -0.39 is 0 Å². The van der Waals surface area contributed by atoms with Crippen molar-refractivity contribution in [1.29, 1.82) is 0 Å². The standard InChI is InChI=1S/C17H24ClN3O2/c1-23-13-9-15(19-10-13)17(22)20-12-5-4-8-21(11-12)16-7-3-2-6-14(16)18/h2-3,6-7,12-13,15,19H,4-5,8-11H2,1H3,(H,20,22)/t12-,13-,15+/m0/s1. The lowest BCUT2D eigenvalue weighted by Crippen LogP contribution is -2.51. The molecule has 0 aliphatic carbocycles. The first kappa shape index (κ1) is 16.6. The SMILES string of the molecule is CO[C@@H]1CN[C@@H](C(=O)N[C@H]2CCCN(c3ccccc3Cl)C2)C1. The largest absolute Gasteiger partial charge is 0.380 e. The Morgan fingerprint density at radius 1 is 1.43 bits per heavy atom. The highest BCUT2D eigenvalue weighted by Gasteiger charge is 2.31. The summed E-state index contributed by atoms with van der Waals surface area (Å²) in [6.07, 6.45) is 2.93. The van der Waals surface area contributed by atoms with Gasteiger partial charge in [0.15, 0.2) is 0 Å². The van der Waals surface area contributed by atoms with Crippen molar-refractivity contribution in [3.05, 3.63) is 29.3 Å². The lowest BCUT2D eigenvalue weighted by Gasteiger charge is -2.35. The normalized spacial score (nSPS) is 27.9. The number of benzene rings is 1. The van der Waals surface area contributed by atoms with E-state index in [0.717, 1.165) is 49.6 Å². The molecule has 2 saturated heterocycles. The zero-order valence-corrected chi connectivity index (χ0v) is 14.2. The summed E-state index contributed by atoms with van der Waals surface area (Å²) in [5, 5.41) is 7.17. The van der Waals surface area contributed by atoms with Gasteiger partial charge in [0.1, 0.15) is 0 Å². The Morgan fingerprint density at radius 2 is 2.26 bits per heavy atom. The molecule has 1 amide bonds. The van der Waals surface area contributed by atoms with Crippen LogP contribution in [-0.4, -0.2) is 50.8 Å². The number of piperidine rings is 1. The van der Waals surface area contributed by atoms with E-state index in [4.69, 9.17) is 16.3 Å². The maximum atomic E-state index is 12.4. The third-order valence-corrected chi connectivity index (χ3v) is 5.02. The molecule has 2 fully saturated rings. The van der Waals surface area contributed by atoms with E-state index in [2.05, 4.69) is 15.5 Å². The van der Waals surface area contributed by atoms with E-state index in [1.165, 1.54) is 0 Å². The van der Waals surface area contributed by atoms with Gasteiger partial charge in [0, 0.05) is 32.8 Å². The zero-order valence-electron chi connectivity index (χ0n) is 13.4. The highest BCUT2D eigenvalue weighted by Crippen LogP contribution is 2.27. The van der Waals surface area contributed by atoms with Gasteiger partial charge < -0.3 is 20.3 Å². The topological polar surface area (TPSA) is 53.6 Å². The summed E-state index contributed by atoms with van der Waals surface area (Å²) >= 11 is 6.29. The van der Waals surface area contributed by atoms with Crippen LogP contribution < -0.4 is 15.5 Å². The summed E-state index contributed by atoms with van der Waals surface area (Å²) in [7, 11) is 1.69. The fourth-order valence-electron chi connectivity index (χ4n) is 3.41. The van der Waals surface area contributed by atoms with Crippen molar-refractivity contribution in [2.75, 3.05) is 31.6 Å². The molecule has 3 atom stereocenters. The lowest BCUT2D eigenvalue weighted by molar-refractivity contribution is -0.123. The Morgan fingerprint density at radius 3 is 3.00 bits per heavy atom. The van der Waals surface area contributed by atoms with Gasteiger partial charge in [0.2, 0.25) is 5.91 Å². The molecule has 1 aromatic rings. The molecule has 2 N–H and O–H groups in total. The van der Waals surface area contributed by atoms with Crippen molar-refractivity contribution in [2.24, 2.45) is 0 Å². The van der Waals surface area contributed by atoms with Crippen molar-refractivity contribution >= 4 is 23.2 Å². The van der Waals surface area contributed by atoms with Gasteiger partial charge in [-0.1, -0.05) is 23.7 Å². The number of nitrogens with zero attached hydrogens (tertiary/aromatic N) is 1. The molecule has 23 heavy (non-hydrogen) atoms. The van der Waals surface area contributed by atoms with Crippen LogP contribution in [0.5, 0.6) is 0 Å². The number of carbonyl (C=O) groups excluding carboxylic acids is 1. The molecular formula is C17H24ClN3O2. The maximum Gasteiger partial charge on any atom is 0.237 e. The third kappa shape index (κ3) is 3.97. The second-order valence-corrected chi connectivity index (χ2v) is 6.71. The zero-order chi connectivity index (χ0) is 16.2. The molecule has 2 heterocycles. The van der Waals surface area contributed by atoms with Crippen LogP contribution in [0.25, 0.3) is 0 Å². The quantitative estimate of drug-likeness (QED) is 0.879. The number of methoxy groups -OCH3 is 1. The van der Waals surface area contributed by atoms with Crippen LogP contribution in [0.1, 0.15) is 19.3 Å². The van der Waals surface area contributed by atoms with E-state index in [1.54, 1.807) is 7.11 Å². The first-order valence-corrected chi connectivity index (χ1v) is 8.61. The molecule has 0 radical (unpaired) electrons. The summed E-state index contributed by atoms with van der Waals surface area (Å²) in [6.45, 7) is 2.52. The van der Waals surface area contributed by atoms with Crippen molar-refractivity contribution in [3.63, 3.8) is 0 Å². The van der Waals surface area contributed by atoms with E-state index in [0.29, 0.717) is 0 Å². The summed E-state index contributed by atoms with van der Waals surface area (Å²) in [6, 6.07) is 7.90. The van der Waals surface area contributed by atoms with Crippen molar-refractivity contribution < 1.29 is 9.53 Å². The monoisotopic (exact) mass is 337 g/mol. The van der Waals surface area contributed by atoms with E-state index >= 15 is 0 Å². The van der Waals surface area contributed by atoms with Crippen LogP contribution >= 0.6 is 11.6 Å². The van der Waals surface area contributed by atoms with Gasteiger partial charge in [0.25, 0.3) is 0 Å². The summed E-state index contributed by atoms with van der Waals surface area (Å²) in [5.41, 5.74) is 1.05. The molecule has 126 valence electrons. The van der Waals surface area contributed by atoms with Crippen LogP contribution in [0.2, 0.25) is 5.02 Å². The molecule has 6 heteroatoms. The number of halogens is 1. The fourth-order valence-corrected chi connectivity index (χ4v) is 3.66. The molecule has 0 bridgehead atoms. The predicted octanol–water partition coefficient (Wildman–Crippen LogP) is 1.80. The Kier molecular flexibility index (Phi) is 5.41. The molecule has 2 aliphatic heterocycles. The van der Waals surface area contributed by atoms with Crippen molar-refractivity contribution in [1.82, 2.24) is 10.6 Å². The average molecular weight is 338 g/mol. The summed E-state index contributed by atoms with van der Waals surface area (Å²) in [5.74, 6) is 0.0792. The summed E-state index contributed by atoms with van der Waals surface area (Å²) < 4.78 is 5.30. The van der Waals surface area contributed by atoms with Gasteiger partial charge >= 0.3 is 0 Å². The first-order valence-electron chi connectivity index (χ1n) is 8.23. The number of anilines is 1. The molecule has 0 saturated carbocycles. The van der Waals surface area contributed by atoms with Crippen LogP contribution in [-0.2, 0) is 9.53 Å². The minimum atomic E-state index is -0.143. The van der Waals surface area contributed by atoms with Crippen LogP contribution in [0.4, 0.5) is 5.69 Å². The Bertz CT molecular complexity index is 554. The van der Waals surface area contributed by atoms with Gasteiger partial charge in [-0.3, -0.25) is 4.79 Å². The molecule has 2 aliphatic rings. The number of amides is 1. The lowest BCUT2D eigenvalue weighted by atomic mass is 10.0. The van der Waals surface area contributed by atoms with Gasteiger partial charge in [-0.15, -0.1) is 0 Å². The first-order chi connectivity index (χ1) is 11.2. The number of hydrogen-bond donors (Lipinski definition) is 2. The third-order valence-electron chi connectivity index (χ3n) is 4.70. The van der Waals surface area contributed by atoms with Crippen LogP contribution in [0.15, 0.2) is 24.3 Å². The van der Waals surface area contributed by atoms with E-state index in [9.17, 15) is 4.79 Å². The van der Waals surface area contributed by atoms with Crippen LogP contribution in [0.3, 0.4) is 0 Å². The van der Waals surface area contributed by atoms with Crippen molar-refractivity contribution in [2.45, 2.75) is 37.5 Å². The van der Waals surface area contributed by atoms with Crippen molar-refractivity contribution in [3.8, 4) is 0 Å². The Hall–Kier alpha value is -1.30. The average Bonchev–Trinajstić information content (AvgIpc) is 3.05. The molecule has 1 aromatic carbocycles. The number of para-hydroxylation sites is 1. The molecule has 0 aromatic heterocycles. The molecule has 0 spiro atoms. The van der Waals surface area contributed by atoms with Gasteiger partial charge in [0.05, 0.1) is 22.9 Å². The number of nitrogens with one attached hydrogen (secondary N) is 2. The maximum absolute atomic E-state index is 12.4. The Balaban J connectivity index is 1.57. The van der Waals surface area contributed by atoms with Gasteiger partial charge in [-0.25, -0.2) is 0 Å². The highest BCUT2D eigenvalue weighted by molar-refractivity contribution is 6.33. The second kappa shape index (κ2) is 7.51. The highest BCUT2D eigenvalue weighted by atomic mass is 35.5. The Labute approximate surface area is 142 Å². The molecule has 5 nitrogen and oxygen atoms in total. The van der Waals surface area contributed by atoms with Crippen LogP contribution in [0, 0.1) is 0 Å². The predicted molar refractivity (Wildman–Crippen MR) is 92.0 cm³/mol. The second-order valence-electron chi connectivity index (χ2n) is 6.30. The minimum Gasteiger partial charge on any atom is -0.380 e. The van der Waals surface area contributed by atoms with Gasteiger partial charge in [-0.05, 0) is 31.4 Å². The smallest absolute Gasteiger partial charge is 0.237 e. The number of rotatable bonds is 4. The number of ether oxygens (including phenoxy) is 1. The fraction of sp³-hybridized carbons (Fsp3) is 0.588. The number of carbonyl (C=O) groups is 1. The molecular weight excluding hydrogens is 314 g/mol. The molecule has 3 rings (SSSR count). The van der Waals surface area contributed by atoms with E-state index in [-0.39, 0.29) is 24.1 Å². The number of hydrogen-bond acceptors (Lipinski definition) is 4. The summed E-state index contributed by atoms with van der Waals surface area (Å²) in [4.78, 5) is 14.7. The molecule has 0 unspecified atom stereocenters.